The number of nitrogens with zero attached hydrogens (tertiary/aromatic N) is 1. The number of hydrogen-bond acceptors (Lipinski definition) is 5. The molecule has 126 valence electrons. The van der Waals surface area contributed by atoms with Crippen molar-refractivity contribution in [1.29, 1.82) is 0 Å². The van der Waals surface area contributed by atoms with Crippen molar-refractivity contribution in [3.63, 3.8) is 0 Å². The molecule has 1 rings (SSSR count). The molecule has 0 aromatic carbocycles. The van der Waals surface area contributed by atoms with E-state index >= 15 is 0 Å². The van der Waals surface area contributed by atoms with Gasteiger partial charge in [0.05, 0.1) is 12.1 Å². The van der Waals surface area contributed by atoms with Crippen LogP contribution in [-0.2, 0) is 4.79 Å². The van der Waals surface area contributed by atoms with Gasteiger partial charge in [0, 0.05) is 11.6 Å². The van der Waals surface area contributed by atoms with Crippen molar-refractivity contribution in [2.45, 2.75) is 58.7 Å². The summed E-state index contributed by atoms with van der Waals surface area (Å²) in [7, 11) is 1.79. The Hall–Kier alpha value is -0.980. The highest BCUT2D eigenvalue weighted by Gasteiger charge is 2.28. The molecule has 0 aliphatic rings. The molecule has 1 amide bonds. The second kappa shape index (κ2) is 9.22. The smallest absolute Gasteiger partial charge is 0.237 e. The third-order valence-corrected chi connectivity index (χ3v) is 4.36. The molecular formula is C16H29N3O2S. The number of aromatic nitrogens is 1. The fourth-order valence-corrected chi connectivity index (χ4v) is 3.12. The topological polar surface area (TPSA) is 74.2 Å². The van der Waals surface area contributed by atoms with Crippen LogP contribution in [-0.4, -0.2) is 35.1 Å². The van der Waals surface area contributed by atoms with Crippen LogP contribution in [0.25, 0.3) is 0 Å². The molecule has 0 fully saturated rings. The van der Waals surface area contributed by atoms with Crippen LogP contribution in [0.3, 0.4) is 0 Å². The van der Waals surface area contributed by atoms with Crippen LogP contribution in [0.4, 0.5) is 0 Å². The highest BCUT2D eigenvalue weighted by Crippen LogP contribution is 2.23. The summed E-state index contributed by atoms with van der Waals surface area (Å²) in [5, 5.41) is 19.1. The fourth-order valence-electron chi connectivity index (χ4n) is 2.44. The quantitative estimate of drug-likeness (QED) is 0.651. The molecule has 0 saturated carbocycles. The molecule has 5 nitrogen and oxygen atoms in total. The maximum absolute atomic E-state index is 12.5. The Morgan fingerprint density at radius 3 is 2.36 bits per heavy atom. The molecule has 0 radical (unpaired) electrons. The van der Waals surface area contributed by atoms with Crippen LogP contribution < -0.4 is 10.6 Å². The monoisotopic (exact) mass is 327 g/mol. The molecule has 0 aliphatic carbocycles. The second-order valence-electron chi connectivity index (χ2n) is 6.53. The van der Waals surface area contributed by atoms with Gasteiger partial charge >= 0.3 is 0 Å². The van der Waals surface area contributed by atoms with E-state index in [-0.39, 0.29) is 18.0 Å². The predicted octanol–water partition coefficient (Wildman–Crippen LogP) is 2.34. The number of aliphatic hydroxyl groups is 1. The summed E-state index contributed by atoms with van der Waals surface area (Å²) < 4.78 is 0. The Kier molecular flexibility index (Phi) is 8.00. The summed E-state index contributed by atoms with van der Waals surface area (Å²) in [6, 6.07) is -0.556. The van der Waals surface area contributed by atoms with E-state index in [1.165, 1.54) is 11.3 Å². The van der Waals surface area contributed by atoms with Gasteiger partial charge in [-0.25, -0.2) is 4.98 Å². The van der Waals surface area contributed by atoms with Gasteiger partial charge in [-0.05, 0) is 31.7 Å². The molecule has 22 heavy (non-hydrogen) atoms. The van der Waals surface area contributed by atoms with Gasteiger partial charge in [0.2, 0.25) is 5.91 Å². The van der Waals surface area contributed by atoms with Crippen LogP contribution in [0.15, 0.2) is 11.6 Å². The van der Waals surface area contributed by atoms with Gasteiger partial charge in [0.1, 0.15) is 11.1 Å². The zero-order chi connectivity index (χ0) is 16.7. The molecule has 3 N–H and O–H groups in total. The van der Waals surface area contributed by atoms with Crippen LogP contribution in [0.5, 0.6) is 0 Å². The maximum atomic E-state index is 12.5. The number of amides is 1. The first kappa shape index (κ1) is 19.1. The van der Waals surface area contributed by atoms with Crippen molar-refractivity contribution in [1.82, 2.24) is 15.6 Å². The normalized spacial score (nSPS) is 15.8. The maximum Gasteiger partial charge on any atom is 0.237 e. The zero-order valence-electron chi connectivity index (χ0n) is 14.2. The fraction of sp³-hybridized carbons (Fsp3) is 0.750. The van der Waals surface area contributed by atoms with Crippen molar-refractivity contribution in [2.24, 2.45) is 11.8 Å². The SMILES string of the molecule is CN[C@@H](CC(C)C)C(=O)N[C@@H](CC(C)C)[C@@H](O)c1nccs1. The lowest BCUT2D eigenvalue weighted by Crippen LogP contribution is -2.49. The summed E-state index contributed by atoms with van der Waals surface area (Å²) >= 11 is 1.41. The third-order valence-electron chi connectivity index (χ3n) is 3.51. The lowest BCUT2D eigenvalue weighted by atomic mass is 9.97. The van der Waals surface area contributed by atoms with Gasteiger partial charge in [0.25, 0.3) is 0 Å². The molecule has 0 bridgehead atoms. The van der Waals surface area contributed by atoms with Crippen molar-refractivity contribution < 1.29 is 9.90 Å². The highest BCUT2D eigenvalue weighted by molar-refractivity contribution is 7.09. The Labute approximate surface area is 137 Å². The molecule has 0 aliphatic heterocycles. The number of carbonyl (C=O) groups excluding carboxylic acids is 1. The van der Waals surface area contributed by atoms with Gasteiger partial charge in [-0.2, -0.15) is 0 Å². The first-order valence-corrected chi connectivity index (χ1v) is 8.78. The van der Waals surface area contributed by atoms with Crippen molar-refractivity contribution >= 4 is 17.2 Å². The number of likely N-dealkylation sites (N-methyl/N-ethyl adjacent to an activating group) is 1. The van der Waals surface area contributed by atoms with Crippen molar-refractivity contribution in [3.8, 4) is 0 Å². The van der Waals surface area contributed by atoms with Crippen LogP contribution in [0.1, 0.15) is 51.6 Å². The number of hydrogen-bond donors (Lipinski definition) is 3. The molecule has 0 saturated heterocycles. The van der Waals surface area contributed by atoms with Gasteiger partial charge < -0.3 is 15.7 Å². The first-order chi connectivity index (χ1) is 10.3. The van der Waals surface area contributed by atoms with E-state index in [1.54, 1.807) is 13.2 Å². The lowest BCUT2D eigenvalue weighted by molar-refractivity contribution is -0.125. The molecule has 1 aromatic heterocycles. The Morgan fingerprint density at radius 1 is 1.27 bits per heavy atom. The van der Waals surface area contributed by atoms with E-state index < -0.39 is 6.10 Å². The number of nitrogens with one attached hydrogen (secondary N) is 2. The minimum absolute atomic E-state index is 0.0579. The van der Waals surface area contributed by atoms with E-state index in [2.05, 4.69) is 43.3 Å². The van der Waals surface area contributed by atoms with Crippen LogP contribution in [0, 0.1) is 11.8 Å². The summed E-state index contributed by atoms with van der Waals surface area (Å²) in [5.74, 6) is 0.742. The minimum Gasteiger partial charge on any atom is -0.384 e. The van der Waals surface area contributed by atoms with Crippen molar-refractivity contribution in [3.05, 3.63) is 16.6 Å². The molecule has 6 heteroatoms. The number of carbonyl (C=O) groups is 1. The summed E-state index contributed by atoms with van der Waals surface area (Å²) in [5.41, 5.74) is 0. The Morgan fingerprint density at radius 2 is 1.91 bits per heavy atom. The number of aliphatic hydroxyl groups excluding tert-OH is 1. The summed E-state index contributed by atoms with van der Waals surface area (Å²) in [6.45, 7) is 8.34. The zero-order valence-corrected chi connectivity index (χ0v) is 15.0. The van der Waals surface area contributed by atoms with Gasteiger partial charge in [0.15, 0.2) is 0 Å². The largest absolute Gasteiger partial charge is 0.384 e. The van der Waals surface area contributed by atoms with Gasteiger partial charge in [-0.1, -0.05) is 27.7 Å². The minimum atomic E-state index is -0.761. The standard InChI is InChI=1S/C16H29N3O2S/c1-10(2)8-12(14(20)16-18-6-7-22-16)19-15(21)13(17-5)9-11(3)4/h6-7,10-14,17,20H,8-9H2,1-5H3,(H,19,21)/t12-,13-,14+/m0/s1. The van der Waals surface area contributed by atoms with Crippen LogP contribution >= 0.6 is 11.3 Å². The lowest BCUT2D eigenvalue weighted by Gasteiger charge is -2.27. The molecule has 3 atom stereocenters. The first-order valence-electron chi connectivity index (χ1n) is 7.90. The van der Waals surface area contributed by atoms with Crippen molar-refractivity contribution in [2.75, 3.05) is 7.05 Å². The highest BCUT2D eigenvalue weighted by atomic mass is 32.1. The van der Waals surface area contributed by atoms with Crippen LogP contribution in [0.2, 0.25) is 0 Å². The molecule has 1 heterocycles. The Balaban J connectivity index is 2.77. The predicted molar refractivity (Wildman–Crippen MR) is 90.8 cm³/mol. The third kappa shape index (κ3) is 6.02. The average molecular weight is 327 g/mol. The molecule has 0 unspecified atom stereocenters. The number of rotatable bonds is 9. The second-order valence-corrected chi connectivity index (χ2v) is 7.46. The van der Waals surface area contributed by atoms with E-state index in [9.17, 15) is 9.90 Å². The molecule has 1 aromatic rings. The van der Waals surface area contributed by atoms with E-state index in [0.29, 0.717) is 23.3 Å². The summed E-state index contributed by atoms with van der Waals surface area (Å²) in [6.07, 6.45) is 2.39. The average Bonchev–Trinajstić information content (AvgIpc) is 2.96. The molecule has 0 spiro atoms. The summed E-state index contributed by atoms with van der Waals surface area (Å²) in [4.78, 5) is 16.6. The van der Waals surface area contributed by atoms with Gasteiger partial charge in [-0.3, -0.25) is 4.79 Å². The van der Waals surface area contributed by atoms with Gasteiger partial charge in [-0.15, -0.1) is 11.3 Å². The molecular weight excluding hydrogens is 298 g/mol. The Bertz CT molecular complexity index is 435. The van der Waals surface area contributed by atoms with E-state index in [0.717, 1.165) is 6.42 Å². The van der Waals surface area contributed by atoms with E-state index in [1.807, 2.05) is 5.38 Å². The number of thiazole rings is 1. The van der Waals surface area contributed by atoms with E-state index in [4.69, 9.17) is 0 Å².